The number of fused-ring (bicyclic) bond motifs is 9. The molecule has 1 aliphatic heterocycles. The Balaban J connectivity index is 1.55. The summed E-state index contributed by atoms with van der Waals surface area (Å²) >= 11 is 0. The third kappa shape index (κ3) is 2.43. The van der Waals surface area contributed by atoms with Crippen molar-refractivity contribution in [2.45, 2.75) is 50.0 Å². The van der Waals surface area contributed by atoms with E-state index < -0.39 is 5.60 Å². The summed E-state index contributed by atoms with van der Waals surface area (Å²) in [6.45, 7) is 2.23. The highest BCUT2D eigenvalue weighted by molar-refractivity contribution is 5.94. The average Bonchev–Trinajstić information content (AvgIpc) is 3.38. The predicted molar refractivity (Wildman–Crippen MR) is 136 cm³/mol. The lowest BCUT2D eigenvalue weighted by Crippen LogP contribution is -2.44. The molecule has 0 amide bonds. The van der Waals surface area contributed by atoms with Gasteiger partial charge < -0.3 is 4.74 Å². The van der Waals surface area contributed by atoms with Crippen LogP contribution in [0.25, 0.3) is 16.8 Å². The molecule has 3 aliphatic rings. The molecule has 0 aromatic heterocycles. The first-order valence-corrected chi connectivity index (χ1v) is 12.4. The summed E-state index contributed by atoms with van der Waals surface area (Å²) in [5, 5.41) is 2.45. The van der Waals surface area contributed by atoms with Gasteiger partial charge in [0.25, 0.3) is 0 Å². The van der Waals surface area contributed by atoms with Crippen molar-refractivity contribution < 1.29 is 4.74 Å². The highest BCUT2D eigenvalue weighted by atomic mass is 16.5. The minimum atomic E-state index is -0.594. The first-order valence-electron chi connectivity index (χ1n) is 12.4. The van der Waals surface area contributed by atoms with Crippen LogP contribution < -0.4 is 4.74 Å². The van der Waals surface area contributed by atoms with E-state index in [9.17, 15) is 0 Å². The van der Waals surface area contributed by atoms with E-state index in [1.54, 1.807) is 0 Å². The third-order valence-electron chi connectivity index (χ3n) is 8.40. The van der Waals surface area contributed by atoms with E-state index in [4.69, 9.17) is 4.74 Å². The molecule has 7 rings (SSSR count). The van der Waals surface area contributed by atoms with E-state index >= 15 is 0 Å². The normalized spacial score (nSPS) is 18.7. The van der Waals surface area contributed by atoms with Crippen LogP contribution in [0.15, 0.2) is 84.9 Å². The minimum absolute atomic E-state index is 0.114. The topological polar surface area (TPSA) is 9.23 Å². The van der Waals surface area contributed by atoms with E-state index in [0.717, 1.165) is 12.2 Å². The lowest BCUT2D eigenvalue weighted by atomic mass is 9.60. The monoisotopic (exact) mass is 428 g/mol. The van der Waals surface area contributed by atoms with E-state index in [2.05, 4.69) is 97.9 Å². The first-order chi connectivity index (χ1) is 16.3. The molecule has 0 saturated heterocycles. The van der Waals surface area contributed by atoms with E-state index in [1.165, 1.54) is 69.8 Å². The molecule has 0 unspecified atom stereocenters. The molecule has 0 bridgehead atoms. The molecule has 162 valence electrons. The maximum atomic E-state index is 7.29. The number of aryl methyl sites for hydroxylation is 1. The Morgan fingerprint density at radius 2 is 1.36 bits per heavy atom. The van der Waals surface area contributed by atoms with Crippen molar-refractivity contribution >= 4 is 16.8 Å². The molecule has 33 heavy (non-hydrogen) atoms. The molecule has 1 heterocycles. The Hall–Kier alpha value is -3.32. The third-order valence-corrected chi connectivity index (χ3v) is 8.40. The highest BCUT2D eigenvalue weighted by Crippen LogP contribution is 2.58. The van der Waals surface area contributed by atoms with Gasteiger partial charge in [0.05, 0.1) is 0 Å². The molecular formula is C32H28O. The molecule has 0 atom stereocenters. The lowest BCUT2D eigenvalue weighted by molar-refractivity contribution is 0.152. The fourth-order valence-electron chi connectivity index (χ4n) is 6.91. The highest BCUT2D eigenvalue weighted by Gasteiger charge is 2.52. The Bertz CT molecular complexity index is 1380. The van der Waals surface area contributed by atoms with Gasteiger partial charge in [-0.1, -0.05) is 105 Å². The van der Waals surface area contributed by atoms with Gasteiger partial charge in [-0.3, -0.25) is 0 Å². The summed E-state index contributed by atoms with van der Waals surface area (Å²) in [6, 6.07) is 29.1. The second kappa shape index (κ2) is 6.84. The van der Waals surface area contributed by atoms with Crippen LogP contribution >= 0.6 is 0 Å². The van der Waals surface area contributed by atoms with Gasteiger partial charge in [0.1, 0.15) is 5.75 Å². The molecule has 4 aromatic rings. The van der Waals surface area contributed by atoms with Gasteiger partial charge in [0.2, 0.25) is 0 Å². The summed E-state index contributed by atoms with van der Waals surface area (Å²) < 4.78 is 7.29. The molecule has 2 aliphatic carbocycles. The lowest BCUT2D eigenvalue weighted by Gasteiger charge is -2.48. The zero-order valence-electron chi connectivity index (χ0n) is 19.1. The molecule has 4 aromatic carbocycles. The Labute approximate surface area is 195 Å². The van der Waals surface area contributed by atoms with Crippen LogP contribution in [0.4, 0.5) is 0 Å². The van der Waals surface area contributed by atoms with Crippen molar-refractivity contribution in [3.8, 4) is 5.75 Å². The van der Waals surface area contributed by atoms with Crippen LogP contribution in [-0.4, -0.2) is 0 Å². The first kappa shape index (κ1) is 19.2. The summed E-state index contributed by atoms with van der Waals surface area (Å²) in [4.78, 5) is 0. The van der Waals surface area contributed by atoms with Gasteiger partial charge >= 0.3 is 0 Å². The fourth-order valence-corrected chi connectivity index (χ4v) is 6.91. The van der Waals surface area contributed by atoms with Crippen LogP contribution in [0.5, 0.6) is 5.75 Å². The number of rotatable bonds is 1. The number of benzene rings is 4. The zero-order valence-corrected chi connectivity index (χ0v) is 19.1. The van der Waals surface area contributed by atoms with Crippen LogP contribution in [0.3, 0.4) is 0 Å². The fraction of sp³-hybridized carbons (Fsp3) is 0.250. The van der Waals surface area contributed by atoms with Crippen molar-refractivity contribution in [2.24, 2.45) is 0 Å². The number of ether oxygens (including phenoxy) is 1. The summed E-state index contributed by atoms with van der Waals surface area (Å²) in [6.07, 6.45) is 10.7. The van der Waals surface area contributed by atoms with Gasteiger partial charge in [0, 0.05) is 27.5 Å². The number of hydrogen-bond donors (Lipinski definition) is 0. The summed E-state index contributed by atoms with van der Waals surface area (Å²) in [5.41, 5.74) is 7.66. The van der Waals surface area contributed by atoms with Gasteiger partial charge in [-0.15, -0.1) is 0 Å². The molecule has 1 fully saturated rings. The molecular weight excluding hydrogens is 400 g/mol. The van der Waals surface area contributed by atoms with Gasteiger partial charge in [0.15, 0.2) is 5.60 Å². The van der Waals surface area contributed by atoms with Crippen molar-refractivity contribution in [2.75, 3.05) is 0 Å². The van der Waals surface area contributed by atoms with Crippen molar-refractivity contribution in [3.05, 3.63) is 118 Å². The van der Waals surface area contributed by atoms with Crippen LogP contribution in [0.2, 0.25) is 0 Å². The number of hydrogen-bond acceptors (Lipinski definition) is 1. The van der Waals surface area contributed by atoms with E-state index in [1.807, 2.05) is 0 Å². The largest absolute Gasteiger partial charge is 0.472 e. The quantitative estimate of drug-likeness (QED) is 0.299. The smallest absolute Gasteiger partial charge is 0.178 e. The zero-order chi connectivity index (χ0) is 22.0. The Morgan fingerprint density at radius 3 is 2.03 bits per heavy atom. The molecule has 0 radical (unpaired) electrons. The molecule has 1 nitrogen and oxygen atoms in total. The van der Waals surface area contributed by atoms with Gasteiger partial charge in [-0.25, -0.2) is 0 Å². The summed E-state index contributed by atoms with van der Waals surface area (Å²) in [5.74, 6) is 1.03. The Morgan fingerprint density at radius 1 is 0.758 bits per heavy atom. The standard InChI is InChI=1S/C32H28O/c1-2-22-21-23-11-3-4-12-24(23)30-25(22)17-20-32(33-30)28-15-7-5-13-26(28)31(18-9-10-19-31)27-14-6-8-16-29(27)32/h3-8,11-17,20-21H,2,9-10,18-19H2,1H3. The second-order valence-electron chi connectivity index (χ2n) is 9.90. The van der Waals surface area contributed by atoms with Gasteiger partial charge in [-0.2, -0.15) is 0 Å². The van der Waals surface area contributed by atoms with Crippen LogP contribution in [-0.2, 0) is 17.4 Å². The van der Waals surface area contributed by atoms with E-state index in [-0.39, 0.29) is 5.41 Å². The Kier molecular flexibility index (Phi) is 3.97. The predicted octanol–water partition coefficient (Wildman–Crippen LogP) is 7.93. The van der Waals surface area contributed by atoms with Crippen LogP contribution in [0, 0.1) is 0 Å². The van der Waals surface area contributed by atoms with E-state index in [0.29, 0.717) is 0 Å². The maximum Gasteiger partial charge on any atom is 0.178 e. The second-order valence-corrected chi connectivity index (χ2v) is 9.90. The minimum Gasteiger partial charge on any atom is -0.472 e. The van der Waals surface area contributed by atoms with Gasteiger partial charge in [-0.05, 0) is 47.4 Å². The molecule has 2 spiro atoms. The molecule has 1 saturated carbocycles. The molecule has 0 N–H and O–H groups in total. The van der Waals surface area contributed by atoms with Crippen LogP contribution in [0.1, 0.15) is 66.0 Å². The SMILES string of the molecule is CCc1cc2ccccc2c2c1C=CC1(O2)c2ccccc2C2(CCCC2)c2ccccc21. The van der Waals surface area contributed by atoms with Crippen molar-refractivity contribution in [1.29, 1.82) is 0 Å². The molecule has 1 heteroatoms. The van der Waals surface area contributed by atoms with Crippen molar-refractivity contribution in [1.82, 2.24) is 0 Å². The van der Waals surface area contributed by atoms with Crippen molar-refractivity contribution in [3.63, 3.8) is 0 Å². The maximum absolute atomic E-state index is 7.29. The average molecular weight is 429 g/mol. The summed E-state index contributed by atoms with van der Waals surface area (Å²) in [7, 11) is 0.